The lowest BCUT2D eigenvalue weighted by Gasteiger charge is -2.12. The number of nitrogens with one attached hydrogen (secondary N) is 2. The number of amides is 1. The fourth-order valence-corrected chi connectivity index (χ4v) is 5.11. The molecule has 4 aromatic rings. The summed E-state index contributed by atoms with van der Waals surface area (Å²) in [4.78, 5) is 25.5. The summed E-state index contributed by atoms with van der Waals surface area (Å²) in [6.07, 6.45) is 0. The second kappa shape index (κ2) is 8.69. The van der Waals surface area contributed by atoms with Gasteiger partial charge in [0.1, 0.15) is 11.5 Å². The maximum absolute atomic E-state index is 12.9. The number of anilines is 1. The number of sulfonamides is 1. The van der Waals surface area contributed by atoms with E-state index in [9.17, 15) is 18.0 Å². The fraction of sp³-hybridized carbons (Fsp3) is 0.0385. The Morgan fingerprint density at radius 2 is 1.60 bits per heavy atom. The molecule has 0 aromatic heterocycles. The van der Waals surface area contributed by atoms with Crippen molar-refractivity contribution in [3.63, 3.8) is 0 Å². The maximum Gasteiger partial charge on any atom is 0.271 e. The largest absolute Gasteiger partial charge is 0.495 e. The van der Waals surface area contributed by atoms with Crippen molar-refractivity contribution in [3.8, 4) is 5.75 Å². The van der Waals surface area contributed by atoms with Crippen LogP contribution in [0.25, 0.3) is 10.8 Å². The van der Waals surface area contributed by atoms with Crippen LogP contribution in [0.15, 0.2) is 94.9 Å². The van der Waals surface area contributed by atoms with E-state index in [1.165, 1.54) is 31.4 Å². The molecule has 5 rings (SSSR count). The number of para-hydroxylation sites is 2. The Balaban J connectivity index is 1.40. The van der Waals surface area contributed by atoms with Gasteiger partial charge in [0.25, 0.3) is 15.9 Å². The standard InChI is InChI=1S/C26H19N3O5S/c1-34-22-14-3-2-13-21(22)29-35(32,33)18-10-4-9-17(15-18)26(31)28-27-24-19-11-5-7-16-8-6-12-20(23(16)19)25(24)30/h2-15,29H,1H3,(H,28,31). The average Bonchev–Trinajstić information content (AvgIpc) is 3.15. The summed E-state index contributed by atoms with van der Waals surface area (Å²) in [6.45, 7) is 0. The van der Waals surface area contributed by atoms with Gasteiger partial charge in [0.2, 0.25) is 5.78 Å². The zero-order chi connectivity index (χ0) is 24.6. The van der Waals surface area contributed by atoms with Crippen LogP contribution in [0.2, 0.25) is 0 Å². The van der Waals surface area contributed by atoms with Crippen molar-refractivity contribution in [2.24, 2.45) is 5.10 Å². The number of Topliss-reactive ketones (excluding diaryl/α,β-unsaturated/α-hetero) is 1. The van der Waals surface area contributed by atoms with Gasteiger partial charge < -0.3 is 4.74 Å². The van der Waals surface area contributed by atoms with Crippen molar-refractivity contribution in [1.29, 1.82) is 0 Å². The highest BCUT2D eigenvalue weighted by Crippen LogP contribution is 2.31. The second-order valence-electron chi connectivity index (χ2n) is 7.77. The third-order valence-electron chi connectivity index (χ3n) is 5.65. The minimum Gasteiger partial charge on any atom is -0.495 e. The molecule has 0 spiro atoms. The number of nitrogens with zero attached hydrogens (tertiary/aromatic N) is 1. The molecule has 0 radical (unpaired) electrons. The summed E-state index contributed by atoms with van der Waals surface area (Å²) in [6, 6.07) is 23.0. The SMILES string of the molecule is COc1ccccc1NS(=O)(=O)c1cccc(C(=O)NN=C2C(=O)c3cccc4cccc2c34)c1. The van der Waals surface area contributed by atoms with Gasteiger partial charge >= 0.3 is 0 Å². The summed E-state index contributed by atoms with van der Waals surface area (Å²) in [5.74, 6) is -0.574. The summed E-state index contributed by atoms with van der Waals surface area (Å²) in [5, 5.41) is 5.79. The number of hydrogen-bond donors (Lipinski definition) is 2. The van der Waals surface area contributed by atoms with E-state index in [0.717, 1.165) is 10.8 Å². The monoisotopic (exact) mass is 485 g/mol. The van der Waals surface area contributed by atoms with E-state index in [1.54, 1.807) is 42.5 Å². The molecule has 0 bridgehead atoms. The number of rotatable bonds is 6. The Labute approximate surface area is 201 Å². The normalized spacial score (nSPS) is 13.7. The maximum atomic E-state index is 12.9. The third-order valence-corrected chi connectivity index (χ3v) is 7.01. The Hall–Kier alpha value is -4.50. The molecule has 0 saturated carbocycles. The first-order valence-electron chi connectivity index (χ1n) is 10.6. The van der Waals surface area contributed by atoms with Gasteiger partial charge in [0.15, 0.2) is 0 Å². The highest BCUT2D eigenvalue weighted by atomic mass is 32.2. The molecule has 1 amide bonds. The van der Waals surface area contributed by atoms with E-state index in [-0.39, 0.29) is 27.6 Å². The zero-order valence-corrected chi connectivity index (χ0v) is 19.3. The Morgan fingerprint density at radius 1 is 0.886 bits per heavy atom. The smallest absolute Gasteiger partial charge is 0.271 e. The van der Waals surface area contributed by atoms with Crippen molar-refractivity contribution >= 4 is 43.9 Å². The van der Waals surface area contributed by atoms with Gasteiger partial charge in [-0.05, 0) is 35.7 Å². The predicted molar refractivity (Wildman–Crippen MR) is 133 cm³/mol. The quantitative estimate of drug-likeness (QED) is 0.401. The number of methoxy groups -OCH3 is 1. The summed E-state index contributed by atoms with van der Waals surface area (Å²) in [5.41, 5.74) is 4.03. The summed E-state index contributed by atoms with van der Waals surface area (Å²) >= 11 is 0. The first-order valence-corrected chi connectivity index (χ1v) is 12.1. The van der Waals surface area contributed by atoms with Crippen LogP contribution >= 0.6 is 0 Å². The number of benzene rings is 4. The molecule has 0 unspecified atom stereocenters. The summed E-state index contributed by atoms with van der Waals surface area (Å²) in [7, 11) is -2.57. The van der Waals surface area contributed by atoms with Gasteiger partial charge in [0.05, 0.1) is 17.7 Å². The molecule has 0 heterocycles. The molecular formula is C26H19N3O5S. The molecule has 0 aliphatic heterocycles. The van der Waals surface area contributed by atoms with Gasteiger partial charge in [-0.1, -0.05) is 54.6 Å². The van der Waals surface area contributed by atoms with E-state index in [2.05, 4.69) is 15.2 Å². The third kappa shape index (κ3) is 4.02. The molecule has 1 aliphatic rings. The predicted octanol–water partition coefficient (Wildman–Crippen LogP) is 3.98. The molecule has 8 nitrogen and oxygen atoms in total. The molecule has 2 N–H and O–H groups in total. The van der Waals surface area contributed by atoms with E-state index in [0.29, 0.717) is 16.9 Å². The van der Waals surface area contributed by atoms with E-state index < -0.39 is 15.9 Å². The second-order valence-corrected chi connectivity index (χ2v) is 9.46. The molecule has 0 saturated heterocycles. The van der Waals surface area contributed by atoms with Crippen molar-refractivity contribution in [2.75, 3.05) is 11.8 Å². The average molecular weight is 486 g/mol. The first-order chi connectivity index (χ1) is 16.9. The molecule has 1 aliphatic carbocycles. The van der Waals surface area contributed by atoms with E-state index in [1.807, 2.05) is 18.2 Å². The Morgan fingerprint density at radius 3 is 2.37 bits per heavy atom. The Kier molecular flexibility index (Phi) is 5.54. The number of carbonyl (C=O) groups is 2. The lowest BCUT2D eigenvalue weighted by atomic mass is 10.1. The van der Waals surface area contributed by atoms with Crippen molar-refractivity contribution in [3.05, 3.63) is 102 Å². The molecule has 0 fully saturated rings. The molecular weight excluding hydrogens is 466 g/mol. The zero-order valence-electron chi connectivity index (χ0n) is 18.5. The number of ether oxygens (including phenoxy) is 1. The molecule has 174 valence electrons. The Bertz CT molecular complexity index is 1640. The van der Waals surface area contributed by atoms with E-state index >= 15 is 0 Å². The molecule has 35 heavy (non-hydrogen) atoms. The topological polar surface area (TPSA) is 114 Å². The number of ketones is 1. The summed E-state index contributed by atoms with van der Waals surface area (Å²) < 4.78 is 33.5. The van der Waals surface area contributed by atoms with Crippen LogP contribution in [0, 0.1) is 0 Å². The van der Waals surface area contributed by atoms with Gasteiger partial charge in [-0.3, -0.25) is 14.3 Å². The minimum atomic E-state index is -4.00. The first kappa shape index (κ1) is 22.3. The van der Waals surface area contributed by atoms with Crippen molar-refractivity contribution in [1.82, 2.24) is 5.43 Å². The van der Waals surface area contributed by atoms with Crippen molar-refractivity contribution < 1.29 is 22.7 Å². The molecule has 0 atom stereocenters. The molecule has 4 aromatic carbocycles. The highest BCUT2D eigenvalue weighted by molar-refractivity contribution is 7.92. The van der Waals surface area contributed by atoms with Crippen LogP contribution in [0.3, 0.4) is 0 Å². The van der Waals surface area contributed by atoms with Crippen molar-refractivity contribution in [2.45, 2.75) is 4.90 Å². The van der Waals surface area contributed by atoms with Crippen LogP contribution in [0.4, 0.5) is 5.69 Å². The van der Waals surface area contributed by atoms with Crippen LogP contribution < -0.4 is 14.9 Å². The number of hydrogen-bond acceptors (Lipinski definition) is 6. The van der Waals surface area contributed by atoms with Gasteiger partial charge in [-0.25, -0.2) is 13.8 Å². The van der Waals surface area contributed by atoms with Crippen LogP contribution in [0.1, 0.15) is 26.3 Å². The van der Waals surface area contributed by atoms with Crippen LogP contribution in [-0.2, 0) is 10.0 Å². The minimum absolute atomic E-state index is 0.0680. The lowest BCUT2D eigenvalue weighted by Crippen LogP contribution is -2.22. The van der Waals surface area contributed by atoms with Crippen LogP contribution in [0.5, 0.6) is 5.75 Å². The molecule has 9 heteroatoms. The van der Waals surface area contributed by atoms with Crippen LogP contribution in [-0.4, -0.2) is 32.9 Å². The van der Waals surface area contributed by atoms with Gasteiger partial charge in [-0.15, -0.1) is 0 Å². The fourth-order valence-electron chi connectivity index (χ4n) is 4.00. The lowest BCUT2D eigenvalue weighted by molar-refractivity contribution is 0.0954. The number of hydrazone groups is 1. The van der Waals surface area contributed by atoms with E-state index in [4.69, 9.17) is 4.74 Å². The van der Waals surface area contributed by atoms with Gasteiger partial charge in [0, 0.05) is 22.1 Å². The number of carbonyl (C=O) groups excluding carboxylic acids is 2. The van der Waals surface area contributed by atoms with Gasteiger partial charge in [-0.2, -0.15) is 5.10 Å². The highest BCUT2D eigenvalue weighted by Gasteiger charge is 2.29.